The fourth-order valence-electron chi connectivity index (χ4n) is 5.19. The highest BCUT2D eigenvalue weighted by Gasteiger charge is 2.29. The number of unbranched alkanes of at least 4 members (excludes halogenated alkanes) is 1. The molecule has 1 aliphatic rings. The van der Waals surface area contributed by atoms with Crippen LogP contribution in [0.15, 0.2) is 60.7 Å². The third kappa shape index (κ3) is 9.38. The summed E-state index contributed by atoms with van der Waals surface area (Å²) in [5, 5.41) is 5.26. The lowest BCUT2D eigenvalue weighted by molar-refractivity contribution is 0.0996. The number of rotatable bonds is 12. The van der Waals surface area contributed by atoms with Crippen LogP contribution < -0.4 is 25.8 Å². The molecule has 0 bridgehead atoms. The zero-order chi connectivity index (χ0) is 31.9. The van der Waals surface area contributed by atoms with Crippen LogP contribution in [0.5, 0.6) is 11.5 Å². The second-order valence-electron chi connectivity index (χ2n) is 10.9. The van der Waals surface area contributed by atoms with Gasteiger partial charge in [0, 0.05) is 36.9 Å². The summed E-state index contributed by atoms with van der Waals surface area (Å²) >= 11 is 0. The molecule has 1 heterocycles. The summed E-state index contributed by atoms with van der Waals surface area (Å²) in [7, 11) is -3.35. The van der Waals surface area contributed by atoms with Crippen molar-refractivity contribution in [1.29, 1.82) is 0 Å². The monoisotopic (exact) mass is 629 g/mol. The molecule has 2 unspecified atom stereocenters. The van der Waals surface area contributed by atoms with Crippen LogP contribution >= 0.6 is 0 Å². The zero-order valence-electron chi connectivity index (χ0n) is 24.6. The number of primary amides is 1. The van der Waals surface area contributed by atoms with E-state index in [1.807, 2.05) is 24.3 Å². The predicted octanol–water partition coefficient (Wildman–Crippen LogP) is 5.57. The fraction of sp³-hybridized carbons (Fsp3) is 0.355. The van der Waals surface area contributed by atoms with Gasteiger partial charge >= 0.3 is 6.03 Å². The molecule has 236 valence electrons. The lowest BCUT2D eigenvalue weighted by atomic mass is 9.93. The van der Waals surface area contributed by atoms with Crippen molar-refractivity contribution in [3.8, 4) is 11.5 Å². The van der Waals surface area contributed by atoms with Gasteiger partial charge in [-0.25, -0.2) is 22.0 Å². The highest BCUT2D eigenvalue weighted by Crippen LogP contribution is 2.27. The second-order valence-corrected chi connectivity index (χ2v) is 12.7. The van der Waals surface area contributed by atoms with E-state index in [1.165, 1.54) is 0 Å². The van der Waals surface area contributed by atoms with Crippen LogP contribution in [0.3, 0.4) is 0 Å². The summed E-state index contributed by atoms with van der Waals surface area (Å²) in [5.41, 5.74) is 5.86. The largest absolute Gasteiger partial charge is 0.457 e. The molecule has 3 aromatic carbocycles. The maximum atomic E-state index is 14.2. The minimum absolute atomic E-state index is 0.151. The second kappa shape index (κ2) is 14.5. The van der Waals surface area contributed by atoms with E-state index in [1.54, 1.807) is 24.3 Å². The number of carbonyl (C=O) groups is 2. The average Bonchev–Trinajstić information content (AvgIpc) is 2.95. The van der Waals surface area contributed by atoms with Gasteiger partial charge in [-0.1, -0.05) is 31.9 Å². The molecule has 1 aliphatic heterocycles. The van der Waals surface area contributed by atoms with E-state index in [2.05, 4.69) is 27.2 Å². The number of nitrogens with zero attached hydrogens (tertiary/aromatic N) is 1. The lowest BCUT2D eigenvalue weighted by Gasteiger charge is -2.40. The maximum Gasteiger partial charge on any atom is 0.319 e. The maximum absolute atomic E-state index is 14.2. The number of carbonyl (C=O) groups excluding carboxylic acids is 2. The topological polar surface area (TPSA) is 143 Å². The number of benzene rings is 3. The van der Waals surface area contributed by atoms with Gasteiger partial charge in [0.2, 0.25) is 10.0 Å². The molecular weight excluding hydrogens is 592 g/mol. The first-order valence-corrected chi connectivity index (χ1v) is 16.2. The molecule has 4 rings (SSSR count). The Kier molecular flexibility index (Phi) is 10.8. The number of sulfonamides is 1. The Morgan fingerprint density at radius 3 is 2.30 bits per heavy atom. The van der Waals surface area contributed by atoms with Crippen LogP contribution in [0.25, 0.3) is 0 Å². The number of ether oxygens (including phenoxy) is 1. The summed E-state index contributed by atoms with van der Waals surface area (Å²) in [6.07, 6.45) is 5.50. The molecule has 0 aliphatic carbocycles. The van der Waals surface area contributed by atoms with Crippen molar-refractivity contribution in [2.45, 2.75) is 57.7 Å². The summed E-state index contributed by atoms with van der Waals surface area (Å²) in [6.45, 7) is 3.58. The molecule has 1 saturated heterocycles. The molecule has 3 aromatic rings. The average molecular weight is 630 g/mol. The van der Waals surface area contributed by atoms with Gasteiger partial charge in [0.25, 0.3) is 5.91 Å². The van der Waals surface area contributed by atoms with Crippen LogP contribution in [-0.2, 0) is 16.6 Å². The van der Waals surface area contributed by atoms with Crippen molar-refractivity contribution in [3.63, 3.8) is 0 Å². The SMILES string of the molecule is CCCCC1CC(NC(=O)Nc2cc(C(N)=O)c(F)cc2F)CCN1Cc1ccc(Oc2ccc(NS(C)(=O)=O)cc2)cc1. The van der Waals surface area contributed by atoms with E-state index in [4.69, 9.17) is 10.5 Å². The van der Waals surface area contributed by atoms with Crippen molar-refractivity contribution in [3.05, 3.63) is 83.4 Å². The molecule has 1 fully saturated rings. The molecule has 0 saturated carbocycles. The number of anilines is 2. The number of amides is 3. The molecule has 0 aromatic heterocycles. The first-order chi connectivity index (χ1) is 20.9. The van der Waals surface area contributed by atoms with Crippen LogP contribution in [0, 0.1) is 11.6 Å². The predicted molar refractivity (Wildman–Crippen MR) is 165 cm³/mol. The highest BCUT2D eigenvalue weighted by atomic mass is 32.2. The summed E-state index contributed by atoms with van der Waals surface area (Å²) in [4.78, 5) is 26.5. The van der Waals surface area contributed by atoms with Crippen LogP contribution in [0.2, 0.25) is 0 Å². The smallest absolute Gasteiger partial charge is 0.319 e. The minimum atomic E-state index is -3.35. The standard InChI is InChI=1S/C31H37F2N5O5S/c1-3-4-5-23-16-22(35-31(40)36-29-17-26(30(34)39)27(32)18-28(29)33)14-15-38(23)19-20-6-10-24(11-7-20)43-25-12-8-21(9-13-25)37-44(2,41)42/h6-13,17-18,22-23,37H,3-5,14-16,19H2,1-2H3,(H2,34,39)(H2,35,36,40). The van der Waals surface area contributed by atoms with E-state index >= 15 is 0 Å². The van der Waals surface area contributed by atoms with E-state index in [9.17, 15) is 26.8 Å². The number of piperidine rings is 1. The van der Waals surface area contributed by atoms with Gasteiger partial charge in [-0.05, 0) is 67.3 Å². The van der Waals surface area contributed by atoms with E-state index in [-0.39, 0.29) is 17.8 Å². The normalized spacial score (nSPS) is 17.1. The molecule has 5 N–H and O–H groups in total. The summed E-state index contributed by atoms with van der Waals surface area (Å²) in [5.74, 6) is -1.93. The van der Waals surface area contributed by atoms with Gasteiger partial charge in [0.1, 0.15) is 23.1 Å². The first-order valence-electron chi connectivity index (χ1n) is 14.3. The van der Waals surface area contributed by atoms with Gasteiger partial charge in [0.05, 0.1) is 17.5 Å². The molecular formula is C31H37F2N5O5S. The molecule has 0 spiro atoms. The van der Waals surface area contributed by atoms with Crippen LogP contribution in [-0.4, -0.2) is 50.1 Å². The number of likely N-dealkylation sites (tertiary alicyclic amines) is 1. The molecule has 2 atom stereocenters. The number of nitrogens with one attached hydrogen (secondary N) is 3. The quantitative estimate of drug-likeness (QED) is 0.206. The number of urea groups is 1. The van der Waals surface area contributed by atoms with Crippen molar-refractivity contribution in [2.24, 2.45) is 5.73 Å². The van der Waals surface area contributed by atoms with Gasteiger partial charge in [-0.2, -0.15) is 0 Å². The van der Waals surface area contributed by atoms with Crippen LogP contribution in [0.4, 0.5) is 25.0 Å². The van der Waals surface area contributed by atoms with Crippen molar-refractivity contribution in [2.75, 3.05) is 22.8 Å². The van der Waals surface area contributed by atoms with E-state index in [0.717, 1.165) is 50.2 Å². The number of hydrogen-bond donors (Lipinski definition) is 4. The Balaban J connectivity index is 1.33. The van der Waals surface area contributed by atoms with Gasteiger partial charge < -0.3 is 21.1 Å². The number of nitrogens with two attached hydrogens (primary N) is 1. The molecule has 13 heteroatoms. The van der Waals surface area contributed by atoms with Crippen LogP contribution in [0.1, 0.15) is 54.9 Å². The third-order valence-corrected chi connectivity index (χ3v) is 7.94. The summed E-state index contributed by atoms with van der Waals surface area (Å²) in [6, 6.07) is 15.2. The summed E-state index contributed by atoms with van der Waals surface area (Å²) < 4.78 is 59.1. The Labute approximate surface area is 256 Å². The van der Waals surface area contributed by atoms with Crippen molar-refractivity contribution < 1.29 is 31.5 Å². The van der Waals surface area contributed by atoms with E-state index < -0.39 is 39.2 Å². The van der Waals surface area contributed by atoms with Crippen molar-refractivity contribution in [1.82, 2.24) is 10.2 Å². The zero-order valence-corrected chi connectivity index (χ0v) is 25.4. The number of hydrogen-bond acceptors (Lipinski definition) is 6. The Bertz CT molecular complexity index is 1570. The number of halogens is 2. The Hall–Kier alpha value is -4.23. The Morgan fingerprint density at radius 1 is 1.02 bits per heavy atom. The van der Waals surface area contributed by atoms with E-state index in [0.29, 0.717) is 36.1 Å². The minimum Gasteiger partial charge on any atom is -0.457 e. The van der Waals surface area contributed by atoms with Gasteiger partial charge in [-0.3, -0.25) is 14.4 Å². The highest BCUT2D eigenvalue weighted by molar-refractivity contribution is 7.92. The van der Waals surface area contributed by atoms with Gasteiger partial charge in [0.15, 0.2) is 0 Å². The first kappa shape index (κ1) is 32.7. The molecule has 44 heavy (non-hydrogen) atoms. The molecule has 3 amide bonds. The Morgan fingerprint density at radius 2 is 1.68 bits per heavy atom. The molecule has 10 nitrogen and oxygen atoms in total. The van der Waals surface area contributed by atoms with Gasteiger partial charge in [-0.15, -0.1) is 0 Å². The lowest BCUT2D eigenvalue weighted by Crippen LogP contribution is -2.50. The third-order valence-electron chi connectivity index (χ3n) is 7.34. The molecule has 0 radical (unpaired) electrons. The fourth-order valence-corrected chi connectivity index (χ4v) is 5.76. The van der Waals surface area contributed by atoms with Crippen molar-refractivity contribution >= 4 is 33.3 Å².